The predicted molar refractivity (Wildman–Crippen MR) is 115 cm³/mol. The molecule has 2 aromatic heterocycles. The van der Waals surface area contributed by atoms with E-state index in [1.54, 1.807) is 18.4 Å². The van der Waals surface area contributed by atoms with Gasteiger partial charge in [0.1, 0.15) is 5.75 Å². The van der Waals surface area contributed by atoms with Crippen molar-refractivity contribution in [2.24, 2.45) is 0 Å². The molecule has 0 saturated carbocycles. The maximum atomic E-state index is 12.6. The van der Waals surface area contributed by atoms with Crippen molar-refractivity contribution in [1.82, 2.24) is 10.2 Å². The highest BCUT2D eigenvalue weighted by molar-refractivity contribution is 7.10. The molecule has 0 aliphatic carbocycles. The Morgan fingerprint density at radius 1 is 1.18 bits per heavy atom. The fraction of sp³-hybridized carbons (Fsp3) is 0.318. The predicted octanol–water partition coefficient (Wildman–Crippen LogP) is 4.12. The second-order valence-electron chi connectivity index (χ2n) is 6.89. The summed E-state index contributed by atoms with van der Waals surface area (Å²) in [6.45, 7) is 1.99. The summed E-state index contributed by atoms with van der Waals surface area (Å²) in [7, 11) is 1.67. The van der Waals surface area contributed by atoms with Gasteiger partial charge in [-0.1, -0.05) is 18.2 Å². The van der Waals surface area contributed by atoms with E-state index in [0.29, 0.717) is 13.1 Å². The van der Waals surface area contributed by atoms with Gasteiger partial charge in [0, 0.05) is 22.8 Å². The van der Waals surface area contributed by atoms with Crippen LogP contribution in [-0.2, 0) is 17.6 Å². The topological polar surface area (TPSA) is 41.6 Å². The molecule has 1 aromatic carbocycles. The van der Waals surface area contributed by atoms with Gasteiger partial charge in [-0.2, -0.15) is 0 Å². The van der Waals surface area contributed by atoms with Crippen LogP contribution in [-0.4, -0.2) is 37.6 Å². The van der Waals surface area contributed by atoms with E-state index in [1.807, 2.05) is 35.6 Å². The van der Waals surface area contributed by atoms with E-state index in [1.165, 1.54) is 20.9 Å². The molecule has 0 spiro atoms. The number of methoxy groups -OCH3 is 1. The third kappa shape index (κ3) is 4.29. The van der Waals surface area contributed by atoms with Gasteiger partial charge >= 0.3 is 0 Å². The molecule has 146 valence electrons. The van der Waals surface area contributed by atoms with Gasteiger partial charge in [0.15, 0.2) is 0 Å². The first-order chi connectivity index (χ1) is 13.7. The first kappa shape index (κ1) is 19.2. The average molecular weight is 413 g/mol. The number of amides is 1. The standard InChI is InChI=1S/C22H24N2O2S2/c1-26-17-6-4-16(5-7-17)8-11-23-21(25)15-24-12-9-19-18(10-14-28-19)22(24)20-3-2-13-27-20/h2-7,10,13-14,22H,8-9,11-12,15H2,1H3,(H,23,25). The molecule has 1 unspecified atom stereocenters. The molecule has 1 N–H and O–H groups in total. The van der Waals surface area contributed by atoms with Crippen molar-refractivity contribution in [3.05, 3.63) is 74.1 Å². The van der Waals surface area contributed by atoms with Crippen LogP contribution < -0.4 is 10.1 Å². The summed E-state index contributed by atoms with van der Waals surface area (Å²) < 4.78 is 5.18. The number of nitrogens with one attached hydrogen (secondary N) is 1. The number of rotatable bonds is 7. The zero-order valence-corrected chi connectivity index (χ0v) is 17.5. The molecule has 1 aliphatic heterocycles. The van der Waals surface area contributed by atoms with Crippen molar-refractivity contribution >= 4 is 28.6 Å². The van der Waals surface area contributed by atoms with Crippen molar-refractivity contribution in [2.75, 3.05) is 26.7 Å². The molecule has 6 heteroatoms. The lowest BCUT2D eigenvalue weighted by Gasteiger charge is -2.34. The van der Waals surface area contributed by atoms with E-state index in [4.69, 9.17) is 4.74 Å². The molecule has 0 fully saturated rings. The number of fused-ring (bicyclic) bond motifs is 1. The zero-order valence-electron chi connectivity index (χ0n) is 15.9. The average Bonchev–Trinajstić information content (AvgIpc) is 3.40. The Labute approximate surface area is 173 Å². The second-order valence-corrected chi connectivity index (χ2v) is 8.87. The molecular formula is C22H24N2O2S2. The summed E-state index contributed by atoms with van der Waals surface area (Å²) in [5.41, 5.74) is 2.56. The van der Waals surface area contributed by atoms with Crippen LogP contribution in [0.5, 0.6) is 5.75 Å². The van der Waals surface area contributed by atoms with Crippen LogP contribution in [0.3, 0.4) is 0 Å². The van der Waals surface area contributed by atoms with Crippen LogP contribution in [0.1, 0.15) is 26.9 Å². The molecule has 1 amide bonds. The van der Waals surface area contributed by atoms with Gasteiger partial charge in [-0.05, 0) is 59.0 Å². The molecule has 0 radical (unpaired) electrons. The highest BCUT2D eigenvalue weighted by atomic mass is 32.1. The number of benzene rings is 1. The number of carbonyl (C=O) groups excluding carboxylic acids is 1. The van der Waals surface area contributed by atoms with Crippen molar-refractivity contribution < 1.29 is 9.53 Å². The van der Waals surface area contributed by atoms with Crippen LogP contribution in [0, 0.1) is 0 Å². The molecule has 1 aliphatic rings. The number of carbonyl (C=O) groups is 1. The largest absolute Gasteiger partial charge is 0.497 e. The van der Waals surface area contributed by atoms with E-state index in [0.717, 1.165) is 25.1 Å². The van der Waals surface area contributed by atoms with Crippen molar-refractivity contribution in [3.8, 4) is 5.75 Å². The molecule has 0 bridgehead atoms. The molecule has 4 nitrogen and oxygen atoms in total. The third-order valence-electron chi connectivity index (χ3n) is 5.12. The van der Waals surface area contributed by atoms with Crippen molar-refractivity contribution in [3.63, 3.8) is 0 Å². The SMILES string of the molecule is COc1ccc(CCNC(=O)CN2CCc3sccc3C2c2cccs2)cc1. The molecule has 0 saturated heterocycles. The smallest absolute Gasteiger partial charge is 0.234 e. The van der Waals surface area contributed by atoms with Gasteiger partial charge in [-0.3, -0.25) is 9.69 Å². The first-order valence-corrected chi connectivity index (χ1v) is 11.2. The molecule has 1 atom stereocenters. The lowest BCUT2D eigenvalue weighted by Crippen LogP contribution is -2.42. The van der Waals surface area contributed by atoms with Crippen molar-refractivity contribution in [1.29, 1.82) is 0 Å². The van der Waals surface area contributed by atoms with Gasteiger partial charge in [-0.15, -0.1) is 22.7 Å². The molecular weight excluding hydrogens is 388 g/mol. The molecule has 3 aromatic rings. The van der Waals surface area contributed by atoms with Gasteiger partial charge in [0.05, 0.1) is 19.7 Å². The van der Waals surface area contributed by atoms with E-state index in [-0.39, 0.29) is 11.9 Å². The minimum absolute atomic E-state index is 0.0914. The van der Waals surface area contributed by atoms with Crippen LogP contribution in [0.15, 0.2) is 53.2 Å². The fourth-order valence-electron chi connectivity index (χ4n) is 3.70. The molecule has 4 rings (SSSR count). The Hall–Kier alpha value is -2.15. The van der Waals surface area contributed by atoms with Crippen LogP contribution in [0.2, 0.25) is 0 Å². The Bertz CT molecular complexity index is 903. The quantitative estimate of drug-likeness (QED) is 0.635. The summed E-state index contributed by atoms with van der Waals surface area (Å²) >= 11 is 3.60. The molecule has 28 heavy (non-hydrogen) atoms. The number of hydrogen-bond acceptors (Lipinski definition) is 5. The van der Waals surface area contributed by atoms with Crippen LogP contribution in [0.25, 0.3) is 0 Å². The number of nitrogens with zero attached hydrogens (tertiary/aromatic N) is 1. The summed E-state index contributed by atoms with van der Waals surface area (Å²) in [6, 6.07) is 14.7. The highest BCUT2D eigenvalue weighted by Crippen LogP contribution is 2.39. The Morgan fingerprint density at radius 2 is 2.04 bits per heavy atom. The molecule has 3 heterocycles. The lowest BCUT2D eigenvalue weighted by molar-refractivity contribution is -0.122. The number of thiophene rings is 2. The van der Waals surface area contributed by atoms with Gasteiger partial charge in [0.25, 0.3) is 0 Å². The second kappa shape index (κ2) is 8.90. The van der Waals surface area contributed by atoms with E-state index < -0.39 is 0 Å². The number of ether oxygens (including phenoxy) is 1. The Balaban J connectivity index is 1.35. The minimum atomic E-state index is 0.0914. The Kier molecular flexibility index (Phi) is 6.10. The van der Waals surface area contributed by atoms with E-state index >= 15 is 0 Å². The summed E-state index contributed by atoms with van der Waals surface area (Å²) in [6.07, 6.45) is 1.84. The highest BCUT2D eigenvalue weighted by Gasteiger charge is 2.31. The van der Waals surface area contributed by atoms with Crippen LogP contribution >= 0.6 is 22.7 Å². The Morgan fingerprint density at radius 3 is 2.79 bits per heavy atom. The van der Waals surface area contributed by atoms with Gasteiger partial charge < -0.3 is 10.1 Å². The van der Waals surface area contributed by atoms with Gasteiger partial charge in [-0.25, -0.2) is 0 Å². The van der Waals surface area contributed by atoms with E-state index in [9.17, 15) is 4.79 Å². The normalized spacial score (nSPS) is 16.5. The lowest BCUT2D eigenvalue weighted by atomic mass is 9.98. The summed E-state index contributed by atoms with van der Waals surface area (Å²) in [5.74, 6) is 0.944. The van der Waals surface area contributed by atoms with Crippen molar-refractivity contribution in [2.45, 2.75) is 18.9 Å². The maximum Gasteiger partial charge on any atom is 0.234 e. The van der Waals surface area contributed by atoms with E-state index in [2.05, 4.69) is 39.2 Å². The number of hydrogen-bond donors (Lipinski definition) is 1. The first-order valence-electron chi connectivity index (χ1n) is 9.48. The monoisotopic (exact) mass is 412 g/mol. The van der Waals surface area contributed by atoms with Gasteiger partial charge in [0.2, 0.25) is 5.91 Å². The third-order valence-corrected chi connectivity index (χ3v) is 7.04. The minimum Gasteiger partial charge on any atom is -0.497 e. The van der Waals surface area contributed by atoms with Crippen LogP contribution in [0.4, 0.5) is 0 Å². The summed E-state index contributed by atoms with van der Waals surface area (Å²) in [5, 5.41) is 7.37. The maximum absolute atomic E-state index is 12.6. The zero-order chi connectivity index (χ0) is 19.3. The fourth-order valence-corrected chi connectivity index (χ4v) is 5.48. The summed E-state index contributed by atoms with van der Waals surface area (Å²) in [4.78, 5) is 17.7.